The van der Waals surface area contributed by atoms with E-state index in [2.05, 4.69) is 10.6 Å². The summed E-state index contributed by atoms with van der Waals surface area (Å²) in [7, 11) is 0. The molecule has 0 aliphatic heterocycles. The van der Waals surface area contributed by atoms with E-state index in [9.17, 15) is 14.4 Å². The number of carbonyl (C=O) groups is 3. The molecule has 0 radical (unpaired) electrons. The first-order valence-electron chi connectivity index (χ1n) is 11.1. The fraction of sp³-hybridized carbons (Fsp3) is 0.857. The summed E-state index contributed by atoms with van der Waals surface area (Å²) >= 11 is 0. The number of primary amides is 1. The fourth-order valence-corrected chi connectivity index (χ4v) is 2.57. The lowest BCUT2D eigenvalue weighted by Gasteiger charge is -2.10. The van der Waals surface area contributed by atoms with Gasteiger partial charge < -0.3 is 35.3 Å². The zero-order valence-corrected chi connectivity index (χ0v) is 19.1. The van der Waals surface area contributed by atoms with Crippen LogP contribution in [0.3, 0.4) is 0 Å². The zero-order valence-electron chi connectivity index (χ0n) is 19.1. The van der Waals surface area contributed by atoms with E-state index in [0.717, 1.165) is 32.1 Å². The van der Waals surface area contributed by atoms with Gasteiger partial charge in [-0.15, -0.1) is 0 Å². The van der Waals surface area contributed by atoms with Gasteiger partial charge in [0.1, 0.15) is 13.2 Å². The van der Waals surface area contributed by atoms with E-state index in [-0.39, 0.29) is 36.9 Å². The predicted molar refractivity (Wildman–Crippen MR) is 116 cm³/mol. The minimum absolute atomic E-state index is 0.00195. The van der Waals surface area contributed by atoms with Crippen LogP contribution in [0.5, 0.6) is 0 Å². The second-order valence-corrected chi connectivity index (χ2v) is 7.03. The minimum Gasteiger partial charge on any atom is -0.379 e. The number of nitrogens with two attached hydrogens (primary N) is 1. The Hall–Kier alpha value is -1.75. The van der Waals surface area contributed by atoms with Crippen molar-refractivity contribution in [2.45, 2.75) is 46.0 Å². The molecule has 3 amide bonds. The molecule has 1 atom stereocenters. The van der Waals surface area contributed by atoms with Gasteiger partial charge in [0.05, 0.1) is 33.0 Å². The minimum atomic E-state index is -0.262. The van der Waals surface area contributed by atoms with Gasteiger partial charge in [-0.1, -0.05) is 20.3 Å². The number of hydrogen-bond donors (Lipinski definition) is 3. The lowest BCUT2D eigenvalue weighted by atomic mass is 9.99. The molecular weight excluding hydrogens is 406 g/mol. The number of carbonyl (C=O) groups excluding carboxylic acids is 3. The van der Waals surface area contributed by atoms with E-state index in [0.29, 0.717) is 52.7 Å². The van der Waals surface area contributed by atoms with E-state index < -0.39 is 0 Å². The molecule has 31 heavy (non-hydrogen) atoms. The van der Waals surface area contributed by atoms with Gasteiger partial charge in [-0.3, -0.25) is 14.4 Å². The van der Waals surface area contributed by atoms with Crippen LogP contribution >= 0.6 is 0 Å². The molecule has 0 aromatic carbocycles. The monoisotopic (exact) mass is 447 g/mol. The third kappa shape index (κ3) is 19.9. The van der Waals surface area contributed by atoms with Crippen LogP contribution in [0, 0.1) is 5.92 Å². The zero-order chi connectivity index (χ0) is 23.2. The number of amides is 3. The summed E-state index contributed by atoms with van der Waals surface area (Å²) in [4.78, 5) is 34.3. The van der Waals surface area contributed by atoms with Crippen LogP contribution in [-0.4, -0.2) is 83.7 Å². The Morgan fingerprint density at radius 1 is 0.742 bits per heavy atom. The van der Waals surface area contributed by atoms with E-state index in [1.54, 1.807) is 0 Å². The third-order valence-corrected chi connectivity index (χ3v) is 4.32. The molecule has 0 aromatic rings. The smallest absolute Gasteiger partial charge is 0.246 e. The maximum absolute atomic E-state index is 11.7. The number of unbranched alkanes of at least 4 members (excludes halogenated alkanes) is 1. The number of ether oxygens (including phenoxy) is 4. The summed E-state index contributed by atoms with van der Waals surface area (Å²) in [5.74, 6) is -0.737. The number of nitrogens with one attached hydrogen (secondary N) is 2. The normalized spacial score (nSPS) is 11.8. The molecule has 0 spiro atoms. The van der Waals surface area contributed by atoms with Crippen molar-refractivity contribution in [3.63, 3.8) is 0 Å². The quantitative estimate of drug-likeness (QED) is 0.204. The van der Waals surface area contributed by atoms with E-state index in [1.165, 1.54) is 0 Å². The average Bonchev–Trinajstić information content (AvgIpc) is 2.74. The van der Waals surface area contributed by atoms with Crippen LogP contribution in [-0.2, 0) is 33.3 Å². The summed E-state index contributed by atoms with van der Waals surface area (Å²) < 4.78 is 21.0. The summed E-state index contributed by atoms with van der Waals surface area (Å²) in [6.45, 7) is 7.41. The van der Waals surface area contributed by atoms with Gasteiger partial charge in [-0.25, -0.2) is 0 Å². The van der Waals surface area contributed by atoms with Crippen LogP contribution in [0.2, 0.25) is 0 Å². The Morgan fingerprint density at radius 2 is 1.29 bits per heavy atom. The summed E-state index contributed by atoms with van der Waals surface area (Å²) in [6.07, 6.45) is 4.08. The van der Waals surface area contributed by atoms with Gasteiger partial charge in [0, 0.05) is 25.6 Å². The molecule has 0 bridgehead atoms. The van der Waals surface area contributed by atoms with Gasteiger partial charge in [-0.05, 0) is 25.7 Å². The second kappa shape index (κ2) is 21.5. The highest BCUT2D eigenvalue weighted by molar-refractivity contribution is 5.77. The average molecular weight is 448 g/mol. The Morgan fingerprint density at radius 3 is 1.84 bits per heavy atom. The molecule has 10 heteroatoms. The van der Waals surface area contributed by atoms with Gasteiger partial charge >= 0.3 is 0 Å². The Bertz CT molecular complexity index is 478. The molecule has 4 N–H and O–H groups in total. The molecule has 0 aromatic heterocycles. The number of hydrogen-bond acceptors (Lipinski definition) is 7. The summed E-state index contributed by atoms with van der Waals surface area (Å²) in [6, 6.07) is 0. The molecule has 0 rings (SSSR count). The maximum Gasteiger partial charge on any atom is 0.246 e. The maximum atomic E-state index is 11.7. The molecular formula is C21H41N3O7. The van der Waals surface area contributed by atoms with Gasteiger partial charge in [0.15, 0.2) is 0 Å². The highest BCUT2D eigenvalue weighted by Gasteiger charge is 2.11. The number of rotatable bonds is 22. The molecule has 0 fully saturated rings. The highest BCUT2D eigenvalue weighted by Crippen LogP contribution is 2.11. The second-order valence-electron chi connectivity index (χ2n) is 7.03. The summed E-state index contributed by atoms with van der Waals surface area (Å²) in [5.41, 5.74) is 5.30. The molecule has 0 saturated heterocycles. The molecule has 0 heterocycles. The third-order valence-electron chi connectivity index (χ3n) is 4.32. The topological polar surface area (TPSA) is 138 Å². The van der Waals surface area contributed by atoms with Crippen LogP contribution in [0.15, 0.2) is 0 Å². The van der Waals surface area contributed by atoms with Gasteiger partial charge in [-0.2, -0.15) is 0 Å². The van der Waals surface area contributed by atoms with Crippen molar-refractivity contribution < 1.29 is 33.3 Å². The first-order chi connectivity index (χ1) is 15.0. The van der Waals surface area contributed by atoms with Crippen molar-refractivity contribution in [1.29, 1.82) is 0 Å². The first-order valence-corrected chi connectivity index (χ1v) is 11.1. The summed E-state index contributed by atoms with van der Waals surface area (Å²) in [5, 5.41) is 5.45. The van der Waals surface area contributed by atoms with Crippen molar-refractivity contribution in [3.05, 3.63) is 0 Å². The Balaban J connectivity index is 3.38. The largest absolute Gasteiger partial charge is 0.379 e. The highest BCUT2D eigenvalue weighted by atomic mass is 16.5. The molecule has 0 aliphatic carbocycles. The van der Waals surface area contributed by atoms with Crippen LogP contribution < -0.4 is 16.4 Å². The molecule has 0 unspecified atom stereocenters. The molecule has 0 aliphatic rings. The lowest BCUT2D eigenvalue weighted by Crippen LogP contribution is -2.31. The van der Waals surface area contributed by atoms with Crippen molar-refractivity contribution in [2.24, 2.45) is 11.7 Å². The first kappa shape index (κ1) is 29.2. The lowest BCUT2D eigenvalue weighted by molar-refractivity contribution is -0.127. The Kier molecular flexibility index (Phi) is 20.3. The van der Waals surface area contributed by atoms with Crippen molar-refractivity contribution in [1.82, 2.24) is 10.6 Å². The molecule has 182 valence electrons. The van der Waals surface area contributed by atoms with E-state index in [4.69, 9.17) is 24.7 Å². The molecule has 0 saturated carbocycles. The predicted octanol–water partition coefficient (Wildman–Crippen LogP) is 0.377. The van der Waals surface area contributed by atoms with Crippen LogP contribution in [0.25, 0.3) is 0 Å². The van der Waals surface area contributed by atoms with Gasteiger partial charge in [0.2, 0.25) is 17.7 Å². The van der Waals surface area contributed by atoms with Crippen molar-refractivity contribution in [3.8, 4) is 0 Å². The van der Waals surface area contributed by atoms with Crippen molar-refractivity contribution in [2.75, 3.05) is 65.9 Å². The van der Waals surface area contributed by atoms with E-state index >= 15 is 0 Å². The van der Waals surface area contributed by atoms with Crippen LogP contribution in [0.4, 0.5) is 0 Å². The van der Waals surface area contributed by atoms with Gasteiger partial charge in [0.25, 0.3) is 0 Å². The fourth-order valence-electron chi connectivity index (χ4n) is 2.57. The standard InChI is InChI=1S/C21H41N3O7/c1-3-10-28-12-14-30-17-20(26)24-9-11-29-13-15-31-16-19(25)23-8-6-5-7-18(4-2)21(22)27/h18H,3-17H2,1-2H3,(H2,22,27)(H,23,25)(H,24,26)/t18-/m0/s1. The van der Waals surface area contributed by atoms with Crippen LogP contribution in [0.1, 0.15) is 46.0 Å². The van der Waals surface area contributed by atoms with Crippen molar-refractivity contribution >= 4 is 17.7 Å². The SMILES string of the molecule is CCCOCCOCC(=O)NCCOCCOCC(=O)NCCCC[C@H](CC)C(N)=O. The Labute approximate surface area is 185 Å². The molecule has 10 nitrogen and oxygen atoms in total. The van der Waals surface area contributed by atoms with E-state index in [1.807, 2.05) is 13.8 Å².